The number of carbonyl (C=O) groups is 1. The van der Waals surface area contributed by atoms with Gasteiger partial charge in [0.1, 0.15) is 0 Å². The summed E-state index contributed by atoms with van der Waals surface area (Å²) in [7, 11) is 0. The highest BCUT2D eigenvalue weighted by atomic mass is 16.5. The molecule has 1 aliphatic heterocycles. The van der Waals surface area contributed by atoms with Gasteiger partial charge in [0.2, 0.25) is 0 Å². The first kappa shape index (κ1) is 16.6. The van der Waals surface area contributed by atoms with Crippen LogP contribution < -0.4 is 5.32 Å². The predicted molar refractivity (Wildman–Crippen MR) is 82.3 cm³/mol. The van der Waals surface area contributed by atoms with E-state index in [0.717, 1.165) is 58.7 Å². The summed E-state index contributed by atoms with van der Waals surface area (Å²) >= 11 is 0. The summed E-state index contributed by atoms with van der Waals surface area (Å²) in [6.45, 7) is 8.99. The molecule has 0 bridgehead atoms. The average Bonchev–Trinajstić information content (AvgIpc) is 3.16. The number of hydrogen-bond donors (Lipinski definition) is 1. The van der Waals surface area contributed by atoms with Crippen LogP contribution in [0.15, 0.2) is 0 Å². The molecule has 1 heterocycles. The van der Waals surface area contributed by atoms with E-state index in [1.807, 2.05) is 4.90 Å². The number of amides is 2. The van der Waals surface area contributed by atoms with E-state index >= 15 is 0 Å². The lowest BCUT2D eigenvalue weighted by atomic mass is 10.1. The van der Waals surface area contributed by atoms with E-state index < -0.39 is 0 Å². The standard InChI is InChI=1S/C16H30N2O3/c1-13(2)11-20-8-3-7-17-16(19)18(15-4-5-15)10-14-6-9-21-12-14/h13-15H,3-12H2,1-2H3,(H,17,19). The summed E-state index contributed by atoms with van der Waals surface area (Å²) in [5, 5.41) is 3.03. The molecule has 2 rings (SSSR count). The van der Waals surface area contributed by atoms with E-state index in [4.69, 9.17) is 9.47 Å². The Bertz CT molecular complexity index is 313. The molecule has 122 valence electrons. The molecule has 5 nitrogen and oxygen atoms in total. The summed E-state index contributed by atoms with van der Waals surface area (Å²) in [5.74, 6) is 1.09. The van der Waals surface area contributed by atoms with E-state index in [1.165, 1.54) is 0 Å². The van der Waals surface area contributed by atoms with Gasteiger partial charge in [0.25, 0.3) is 0 Å². The number of rotatable bonds is 9. The van der Waals surface area contributed by atoms with Crippen LogP contribution in [0.1, 0.15) is 39.5 Å². The van der Waals surface area contributed by atoms with Gasteiger partial charge in [-0.1, -0.05) is 13.8 Å². The summed E-state index contributed by atoms with van der Waals surface area (Å²) in [6, 6.07) is 0.552. The smallest absolute Gasteiger partial charge is 0.317 e. The highest BCUT2D eigenvalue weighted by molar-refractivity contribution is 5.74. The summed E-state index contributed by atoms with van der Waals surface area (Å²) in [4.78, 5) is 14.3. The maximum Gasteiger partial charge on any atom is 0.317 e. The molecular formula is C16H30N2O3. The minimum absolute atomic E-state index is 0.0910. The first-order valence-corrected chi connectivity index (χ1v) is 8.36. The topological polar surface area (TPSA) is 50.8 Å². The van der Waals surface area contributed by atoms with Crippen LogP contribution in [0.2, 0.25) is 0 Å². The lowest BCUT2D eigenvalue weighted by Crippen LogP contribution is -2.44. The third kappa shape index (κ3) is 6.22. The van der Waals surface area contributed by atoms with Gasteiger partial charge in [-0.25, -0.2) is 4.79 Å². The first-order chi connectivity index (χ1) is 10.2. The third-order valence-corrected chi connectivity index (χ3v) is 3.92. The van der Waals surface area contributed by atoms with Gasteiger partial charge in [-0.2, -0.15) is 0 Å². The Labute approximate surface area is 128 Å². The van der Waals surface area contributed by atoms with Crippen molar-refractivity contribution in [3.05, 3.63) is 0 Å². The number of hydrogen-bond acceptors (Lipinski definition) is 3. The Morgan fingerprint density at radius 3 is 2.81 bits per heavy atom. The molecule has 1 saturated carbocycles. The molecule has 1 saturated heterocycles. The molecular weight excluding hydrogens is 268 g/mol. The van der Waals surface area contributed by atoms with E-state index in [1.54, 1.807) is 0 Å². The second-order valence-corrected chi connectivity index (χ2v) is 6.67. The number of urea groups is 1. The van der Waals surface area contributed by atoms with Crippen LogP contribution in [-0.2, 0) is 9.47 Å². The Hall–Kier alpha value is -0.810. The van der Waals surface area contributed by atoms with Crippen molar-refractivity contribution in [3.63, 3.8) is 0 Å². The quantitative estimate of drug-likeness (QED) is 0.664. The van der Waals surface area contributed by atoms with Crippen LogP contribution in [0.4, 0.5) is 4.79 Å². The zero-order valence-corrected chi connectivity index (χ0v) is 13.5. The number of nitrogens with one attached hydrogen (secondary N) is 1. The summed E-state index contributed by atoms with van der Waals surface area (Å²) in [5.41, 5.74) is 0. The van der Waals surface area contributed by atoms with Gasteiger partial charge in [-0.15, -0.1) is 0 Å². The normalized spacial score (nSPS) is 21.8. The number of carbonyl (C=O) groups excluding carboxylic acids is 1. The van der Waals surface area contributed by atoms with Crippen molar-refractivity contribution >= 4 is 6.03 Å². The molecule has 2 amide bonds. The highest BCUT2D eigenvalue weighted by Gasteiger charge is 2.34. The van der Waals surface area contributed by atoms with Crippen LogP contribution in [0.3, 0.4) is 0 Å². The van der Waals surface area contributed by atoms with E-state index in [-0.39, 0.29) is 6.03 Å². The van der Waals surface area contributed by atoms with Crippen molar-refractivity contribution in [1.29, 1.82) is 0 Å². The number of nitrogens with zero attached hydrogens (tertiary/aromatic N) is 1. The molecule has 0 aromatic carbocycles. The van der Waals surface area contributed by atoms with Gasteiger partial charge in [0.05, 0.1) is 6.61 Å². The van der Waals surface area contributed by atoms with Gasteiger partial charge in [0.15, 0.2) is 0 Å². The average molecular weight is 298 g/mol. The van der Waals surface area contributed by atoms with Crippen molar-refractivity contribution in [3.8, 4) is 0 Å². The van der Waals surface area contributed by atoms with Gasteiger partial charge in [-0.05, 0) is 31.6 Å². The van der Waals surface area contributed by atoms with Gasteiger partial charge < -0.3 is 19.7 Å². The maximum atomic E-state index is 12.3. The summed E-state index contributed by atoms with van der Waals surface area (Å²) in [6.07, 6.45) is 4.26. The molecule has 0 aromatic heterocycles. The molecule has 1 unspecified atom stereocenters. The maximum absolute atomic E-state index is 12.3. The molecule has 0 spiro atoms. The second kappa shape index (κ2) is 8.59. The highest BCUT2D eigenvalue weighted by Crippen LogP contribution is 2.28. The van der Waals surface area contributed by atoms with E-state index in [9.17, 15) is 4.79 Å². The molecule has 1 atom stereocenters. The largest absolute Gasteiger partial charge is 0.381 e. The molecule has 2 fully saturated rings. The lowest BCUT2D eigenvalue weighted by Gasteiger charge is -2.25. The van der Waals surface area contributed by atoms with Crippen molar-refractivity contribution in [1.82, 2.24) is 10.2 Å². The fraction of sp³-hybridized carbons (Fsp3) is 0.938. The van der Waals surface area contributed by atoms with Crippen molar-refractivity contribution in [2.24, 2.45) is 11.8 Å². The molecule has 1 N–H and O–H groups in total. The molecule has 1 aliphatic carbocycles. The molecule has 0 aromatic rings. The molecule has 5 heteroatoms. The Kier molecular flexibility index (Phi) is 6.77. The van der Waals surface area contributed by atoms with Crippen molar-refractivity contribution in [2.45, 2.75) is 45.6 Å². The van der Waals surface area contributed by atoms with Crippen molar-refractivity contribution < 1.29 is 14.3 Å². The van der Waals surface area contributed by atoms with Crippen LogP contribution in [0.25, 0.3) is 0 Å². The molecule has 2 aliphatic rings. The fourth-order valence-electron chi connectivity index (χ4n) is 2.58. The lowest BCUT2D eigenvalue weighted by molar-refractivity contribution is 0.107. The monoisotopic (exact) mass is 298 g/mol. The minimum atomic E-state index is 0.0910. The molecule has 0 radical (unpaired) electrons. The third-order valence-electron chi connectivity index (χ3n) is 3.92. The Balaban J connectivity index is 1.60. The van der Waals surface area contributed by atoms with E-state index in [0.29, 0.717) is 24.4 Å². The van der Waals surface area contributed by atoms with Crippen molar-refractivity contribution in [2.75, 3.05) is 39.5 Å². The van der Waals surface area contributed by atoms with Gasteiger partial charge >= 0.3 is 6.03 Å². The Morgan fingerprint density at radius 2 is 2.19 bits per heavy atom. The SMILES string of the molecule is CC(C)COCCCNC(=O)N(CC1CCOC1)C1CC1. The van der Waals surface area contributed by atoms with Crippen LogP contribution in [0.5, 0.6) is 0 Å². The molecule has 21 heavy (non-hydrogen) atoms. The fourth-order valence-corrected chi connectivity index (χ4v) is 2.58. The second-order valence-electron chi connectivity index (χ2n) is 6.67. The van der Waals surface area contributed by atoms with Gasteiger partial charge in [0, 0.05) is 44.9 Å². The van der Waals surface area contributed by atoms with Crippen LogP contribution in [-0.4, -0.2) is 56.5 Å². The van der Waals surface area contributed by atoms with Gasteiger partial charge in [-0.3, -0.25) is 0 Å². The van der Waals surface area contributed by atoms with E-state index in [2.05, 4.69) is 19.2 Å². The van der Waals surface area contributed by atoms with Crippen LogP contribution >= 0.6 is 0 Å². The number of ether oxygens (including phenoxy) is 2. The predicted octanol–water partition coefficient (Wildman–Crippen LogP) is 2.26. The Morgan fingerprint density at radius 1 is 1.38 bits per heavy atom. The van der Waals surface area contributed by atoms with Crippen LogP contribution in [0, 0.1) is 11.8 Å². The first-order valence-electron chi connectivity index (χ1n) is 8.36. The minimum Gasteiger partial charge on any atom is -0.381 e. The summed E-state index contributed by atoms with van der Waals surface area (Å²) < 4.78 is 10.9. The zero-order valence-electron chi connectivity index (χ0n) is 13.5. The zero-order chi connectivity index (χ0) is 15.1.